The van der Waals surface area contributed by atoms with Crippen LogP contribution in [0.4, 0.5) is 0 Å². The zero-order valence-corrected chi connectivity index (χ0v) is 17.3. The molecule has 0 aromatic carbocycles. The van der Waals surface area contributed by atoms with Gasteiger partial charge in [0.1, 0.15) is 25.4 Å². The molecule has 0 unspecified atom stereocenters. The van der Waals surface area contributed by atoms with Gasteiger partial charge in [-0.2, -0.15) is 10.1 Å². The van der Waals surface area contributed by atoms with E-state index in [-0.39, 0.29) is 18.0 Å². The monoisotopic (exact) mass is 445 g/mol. The van der Waals surface area contributed by atoms with Crippen LogP contribution in [-0.4, -0.2) is 67.1 Å². The average molecular weight is 445 g/mol. The molecule has 0 amide bonds. The first-order chi connectivity index (χ1) is 15.2. The van der Waals surface area contributed by atoms with Crippen LogP contribution >= 0.6 is 0 Å². The molecule has 2 aromatic heterocycles. The largest absolute Gasteiger partial charge is 0.463 e. The Bertz CT molecular complexity index is 1120. The van der Waals surface area contributed by atoms with Crippen molar-refractivity contribution in [3.05, 3.63) is 34.9 Å². The summed E-state index contributed by atoms with van der Waals surface area (Å²) >= 11 is 0. The van der Waals surface area contributed by atoms with Gasteiger partial charge < -0.3 is 18.9 Å². The fourth-order valence-corrected chi connectivity index (χ4v) is 3.15. The van der Waals surface area contributed by atoms with Crippen LogP contribution in [0, 0.1) is 12.3 Å². The van der Waals surface area contributed by atoms with E-state index in [9.17, 15) is 19.2 Å². The van der Waals surface area contributed by atoms with Crippen LogP contribution in [0.15, 0.2) is 23.6 Å². The first-order valence-electron chi connectivity index (χ1n) is 9.29. The Morgan fingerprint density at radius 3 is 2.41 bits per heavy atom. The molecule has 13 heteroatoms. The Morgan fingerprint density at radius 1 is 1.16 bits per heavy atom. The van der Waals surface area contributed by atoms with Gasteiger partial charge in [-0.3, -0.25) is 19.0 Å². The van der Waals surface area contributed by atoms with Gasteiger partial charge >= 0.3 is 23.6 Å². The van der Waals surface area contributed by atoms with Gasteiger partial charge in [0.15, 0.2) is 24.3 Å². The molecule has 13 nitrogen and oxygen atoms in total. The zero-order valence-electron chi connectivity index (χ0n) is 17.3. The molecule has 0 aliphatic carbocycles. The maximum atomic E-state index is 12.8. The third-order valence-electron chi connectivity index (χ3n) is 4.34. The van der Waals surface area contributed by atoms with Crippen LogP contribution < -0.4 is 5.69 Å². The average Bonchev–Trinajstić information content (AvgIpc) is 3.35. The van der Waals surface area contributed by atoms with Crippen molar-refractivity contribution in [1.82, 2.24) is 24.3 Å². The molecule has 1 saturated heterocycles. The van der Waals surface area contributed by atoms with Crippen molar-refractivity contribution in [3.63, 3.8) is 0 Å². The maximum Gasteiger partial charge on any atom is 0.351 e. The minimum absolute atomic E-state index is 0.0567. The molecule has 0 saturated carbocycles. The van der Waals surface area contributed by atoms with Gasteiger partial charge in [0.25, 0.3) is 0 Å². The Labute approximate surface area is 181 Å². The highest BCUT2D eigenvalue weighted by atomic mass is 16.7. The van der Waals surface area contributed by atoms with E-state index in [1.54, 1.807) is 0 Å². The number of ether oxygens (including phenoxy) is 4. The molecule has 3 rings (SSSR count). The van der Waals surface area contributed by atoms with Gasteiger partial charge in [0.2, 0.25) is 0 Å². The van der Waals surface area contributed by atoms with Crippen LogP contribution in [0.3, 0.4) is 0 Å². The predicted molar refractivity (Wildman–Crippen MR) is 103 cm³/mol. The SMILES string of the molecule is C#Cc1cn([C@@H]2O[C@H](COC(C)=O)[C@@H](OC(C)=O)[C@@H]2OC(C)=O)c(=O)nc1-n1cncn1. The number of terminal acetylenes is 1. The minimum atomic E-state index is -1.28. The van der Waals surface area contributed by atoms with E-state index >= 15 is 0 Å². The Balaban J connectivity index is 2.06. The fraction of sp³-hybridized carbons (Fsp3) is 0.421. The van der Waals surface area contributed by atoms with E-state index < -0.39 is 48.1 Å². The van der Waals surface area contributed by atoms with Crippen LogP contribution in [0.1, 0.15) is 32.6 Å². The molecular weight excluding hydrogens is 426 g/mol. The number of carbonyl (C=O) groups is 3. The summed E-state index contributed by atoms with van der Waals surface area (Å²) in [6, 6.07) is 0. The van der Waals surface area contributed by atoms with Crippen molar-refractivity contribution < 1.29 is 33.3 Å². The van der Waals surface area contributed by atoms with Crippen LogP contribution in [-0.2, 0) is 33.3 Å². The topological polar surface area (TPSA) is 154 Å². The molecule has 4 atom stereocenters. The molecule has 3 heterocycles. The second kappa shape index (κ2) is 9.40. The summed E-state index contributed by atoms with van der Waals surface area (Å²) < 4.78 is 23.6. The molecular formula is C19H19N5O8. The number of hydrogen-bond acceptors (Lipinski definition) is 11. The van der Waals surface area contributed by atoms with Crippen molar-refractivity contribution in [1.29, 1.82) is 0 Å². The first kappa shape index (κ1) is 22.6. The summed E-state index contributed by atoms with van der Waals surface area (Å²) in [5.41, 5.74) is -0.654. The van der Waals surface area contributed by atoms with Crippen molar-refractivity contribution in [2.75, 3.05) is 6.61 Å². The highest BCUT2D eigenvalue weighted by Crippen LogP contribution is 2.34. The molecule has 0 spiro atoms. The third kappa shape index (κ3) is 4.81. The van der Waals surface area contributed by atoms with Gasteiger partial charge in [-0.25, -0.2) is 14.5 Å². The van der Waals surface area contributed by atoms with Crippen molar-refractivity contribution >= 4 is 17.9 Å². The van der Waals surface area contributed by atoms with Crippen molar-refractivity contribution in [3.8, 4) is 18.2 Å². The van der Waals surface area contributed by atoms with Crippen LogP contribution in [0.25, 0.3) is 5.82 Å². The lowest BCUT2D eigenvalue weighted by molar-refractivity contribution is -0.166. The Morgan fingerprint density at radius 2 is 1.84 bits per heavy atom. The third-order valence-corrected chi connectivity index (χ3v) is 4.34. The number of rotatable bonds is 6. The van der Waals surface area contributed by atoms with E-state index in [0.29, 0.717) is 0 Å². The van der Waals surface area contributed by atoms with Crippen LogP contribution in [0.5, 0.6) is 0 Å². The lowest BCUT2D eigenvalue weighted by Gasteiger charge is -2.24. The molecule has 1 aliphatic rings. The second-order valence-corrected chi connectivity index (χ2v) is 6.67. The van der Waals surface area contributed by atoms with E-state index in [2.05, 4.69) is 21.0 Å². The van der Waals surface area contributed by atoms with Gasteiger partial charge in [0.05, 0.1) is 5.56 Å². The van der Waals surface area contributed by atoms with Crippen molar-refractivity contribution in [2.45, 2.75) is 45.3 Å². The quantitative estimate of drug-likeness (QED) is 0.310. The Hall–Kier alpha value is -4.05. The van der Waals surface area contributed by atoms with Crippen LogP contribution in [0.2, 0.25) is 0 Å². The number of nitrogens with zero attached hydrogens (tertiary/aromatic N) is 5. The number of aromatic nitrogens is 5. The smallest absolute Gasteiger partial charge is 0.351 e. The molecule has 0 N–H and O–H groups in total. The van der Waals surface area contributed by atoms with Gasteiger partial charge in [-0.15, -0.1) is 6.42 Å². The molecule has 32 heavy (non-hydrogen) atoms. The highest BCUT2D eigenvalue weighted by molar-refractivity contribution is 5.68. The second-order valence-electron chi connectivity index (χ2n) is 6.67. The number of carbonyl (C=O) groups excluding carboxylic acids is 3. The Kier molecular flexibility index (Phi) is 6.64. The molecule has 2 aromatic rings. The predicted octanol–water partition coefficient (Wildman–Crippen LogP) is -0.871. The summed E-state index contributed by atoms with van der Waals surface area (Å²) in [5, 5.41) is 3.91. The fourth-order valence-electron chi connectivity index (χ4n) is 3.15. The first-order valence-corrected chi connectivity index (χ1v) is 9.29. The highest BCUT2D eigenvalue weighted by Gasteiger charge is 2.51. The summed E-state index contributed by atoms with van der Waals surface area (Å²) in [4.78, 5) is 55.2. The standard InChI is InChI=1S/C19H19N5O8/c1-5-13-6-23(19(28)22-17(13)24-9-20-8-21-24)18-16(31-12(4)27)15(30-11(3)26)14(32-18)7-29-10(2)25/h1,6,8-9,14-16,18H,7H2,2-4H3/t14-,15-,16+,18-/m1/s1. The zero-order chi connectivity index (χ0) is 23.4. The van der Waals surface area contributed by atoms with Gasteiger partial charge in [-0.05, 0) is 0 Å². The van der Waals surface area contributed by atoms with E-state index in [1.165, 1.54) is 30.5 Å². The lowest BCUT2D eigenvalue weighted by atomic mass is 10.1. The summed E-state index contributed by atoms with van der Waals surface area (Å²) in [7, 11) is 0. The van der Waals surface area contributed by atoms with E-state index in [1.807, 2.05) is 0 Å². The minimum Gasteiger partial charge on any atom is -0.463 e. The normalized spacial score (nSPS) is 22.1. The maximum absolute atomic E-state index is 12.8. The number of hydrogen-bond donors (Lipinski definition) is 0. The molecule has 0 radical (unpaired) electrons. The molecule has 0 bridgehead atoms. The van der Waals surface area contributed by atoms with Gasteiger partial charge in [0, 0.05) is 27.0 Å². The van der Waals surface area contributed by atoms with E-state index in [4.69, 9.17) is 25.4 Å². The summed E-state index contributed by atoms with van der Waals surface area (Å²) in [5.74, 6) is 0.439. The number of esters is 3. The lowest BCUT2D eigenvalue weighted by Crippen LogP contribution is -2.42. The summed E-state index contributed by atoms with van der Waals surface area (Å²) in [6.07, 6.45) is 4.67. The van der Waals surface area contributed by atoms with Crippen molar-refractivity contribution in [2.24, 2.45) is 0 Å². The molecule has 1 fully saturated rings. The molecule has 168 valence electrons. The van der Waals surface area contributed by atoms with E-state index in [0.717, 1.165) is 18.4 Å². The molecule has 1 aliphatic heterocycles. The summed E-state index contributed by atoms with van der Waals surface area (Å²) in [6.45, 7) is 3.16. The van der Waals surface area contributed by atoms with Gasteiger partial charge in [-0.1, -0.05) is 5.92 Å².